The van der Waals surface area contributed by atoms with Crippen LogP contribution in [0, 0.1) is 0 Å². The number of esters is 1. The lowest BCUT2D eigenvalue weighted by Gasteiger charge is -2.08. The van der Waals surface area contributed by atoms with Gasteiger partial charge in [0.1, 0.15) is 0 Å². The fourth-order valence-electron chi connectivity index (χ4n) is 1.61. The highest BCUT2D eigenvalue weighted by Crippen LogP contribution is 2.25. The molecule has 0 fully saturated rings. The molecule has 0 unspecified atom stereocenters. The second-order valence-electron chi connectivity index (χ2n) is 3.66. The molecule has 0 aromatic carbocycles. The van der Waals surface area contributed by atoms with E-state index in [1.807, 2.05) is 0 Å². The number of rotatable bonds is 3. The van der Waals surface area contributed by atoms with Gasteiger partial charge in [0, 0.05) is 11.8 Å². The summed E-state index contributed by atoms with van der Waals surface area (Å²) in [5.41, 5.74) is 0.495. The van der Waals surface area contributed by atoms with E-state index in [9.17, 15) is 9.59 Å². The van der Waals surface area contributed by atoms with Crippen LogP contribution in [0.25, 0.3) is 0 Å². The topological polar surface area (TPSA) is 94.5 Å². The molecular formula is C10H14N2O4. The number of methoxy groups -OCH3 is 1. The van der Waals surface area contributed by atoms with Crippen LogP contribution in [-0.4, -0.2) is 28.8 Å². The van der Waals surface area contributed by atoms with Crippen molar-refractivity contribution in [3.8, 4) is 0 Å². The summed E-state index contributed by atoms with van der Waals surface area (Å²) in [6, 6.07) is 0. The van der Waals surface area contributed by atoms with Gasteiger partial charge >= 0.3 is 11.9 Å². The third-order valence-corrected chi connectivity index (χ3v) is 2.26. The van der Waals surface area contributed by atoms with Crippen LogP contribution in [0.2, 0.25) is 0 Å². The van der Waals surface area contributed by atoms with Gasteiger partial charge in [0.2, 0.25) is 0 Å². The Morgan fingerprint density at radius 3 is 2.44 bits per heavy atom. The maximum atomic E-state index is 11.5. The van der Waals surface area contributed by atoms with Crippen LogP contribution in [0.4, 0.5) is 0 Å². The lowest BCUT2D eigenvalue weighted by Crippen LogP contribution is -2.18. The van der Waals surface area contributed by atoms with E-state index in [0.29, 0.717) is 5.56 Å². The van der Waals surface area contributed by atoms with E-state index < -0.39 is 11.9 Å². The molecule has 6 nitrogen and oxygen atoms in total. The Morgan fingerprint density at radius 1 is 1.50 bits per heavy atom. The molecule has 0 radical (unpaired) electrons. The molecule has 0 aliphatic rings. The number of aromatic nitrogens is 1. The Kier molecular flexibility index (Phi) is 3.22. The Morgan fingerprint density at radius 2 is 2.06 bits per heavy atom. The summed E-state index contributed by atoms with van der Waals surface area (Å²) in [5, 5.41) is 8.99. The first-order chi connectivity index (χ1) is 7.40. The highest BCUT2D eigenvalue weighted by atomic mass is 16.5. The fraction of sp³-hybridized carbons (Fsp3) is 0.400. The quantitative estimate of drug-likeness (QED) is 0.587. The van der Waals surface area contributed by atoms with Crippen LogP contribution in [0.15, 0.2) is 6.20 Å². The molecular weight excluding hydrogens is 212 g/mol. The average molecular weight is 226 g/mol. The molecule has 0 atom stereocenters. The van der Waals surface area contributed by atoms with Gasteiger partial charge in [-0.15, -0.1) is 0 Å². The number of carboxylic acid groups (broad SMARTS) is 1. The molecule has 1 heterocycles. The standard InChI is InChI=1S/C10H14N2O4/c1-5(2)7-6(9(13)14)4-12(11)8(7)10(15)16-3/h4-5H,11H2,1-3H3,(H,13,14). The monoisotopic (exact) mass is 226 g/mol. The van der Waals surface area contributed by atoms with E-state index in [0.717, 1.165) is 4.68 Å². The molecule has 88 valence electrons. The van der Waals surface area contributed by atoms with Gasteiger partial charge in [0.05, 0.1) is 12.7 Å². The van der Waals surface area contributed by atoms with Gasteiger partial charge in [-0.2, -0.15) is 0 Å². The predicted octanol–water partition coefficient (Wildman–Crippen LogP) is 0.810. The number of aromatic carboxylic acids is 1. The minimum atomic E-state index is -1.11. The first-order valence-corrected chi connectivity index (χ1v) is 4.72. The van der Waals surface area contributed by atoms with Crippen molar-refractivity contribution in [2.45, 2.75) is 19.8 Å². The van der Waals surface area contributed by atoms with Crippen molar-refractivity contribution >= 4 is 11.9 Å². The van der Waals surface area contributed by atoms with Crippen molar-refractivity contribution in [1.29, 1.82) is 0 Å². The van der Waals surface area contributed by atoms with Crippen LogP contribution in [0.1, 0.15) is 46.2 Å². The van der Waals surface area contributed by atoms with E-state index in [1.54, 1.807) is 13.8 Å². The number of carbonyl (C=O) groups is 2. The Labute approximate surface area is 92.6 Å². The van der Waals surface area contributed by atoms with Gasteiger partial charge in [0.15, 0.2) is 5.69 Å². The van der Waals surface area contributed by atoms with Crippen LogP contribution in [0.3, 0.4) is 0 Å². The smallest absolute Gasteiger partial charge is 0.356 e. The summed E-state index contributed by atoms with van der Waals surface area (Å²) in [4.78, 5) is 22.5. The number of carboxylic acids is 1. The third-order valence-electron chi connectivity index (χ3n) is 2.26. The van der Waals surface area contributed by atoms with Gasteiger partial charge in [0.25, 0.3) is 0 Å². The third kappa shape index (κ3) is 1.86. The van der Waals surface area contributed by atoms with Crippen molar-refractivity contribution in [3.05, 3.63) is 23.0 Å². The average Bonchev–Trinajstić information content (AvgIpc) is 2.55. The van der Waals surface area contributed by atoms with Crippen molar-refractivity contribution in [2.75, 3.05) is 13.0 Å². The lowest BCUT2D eigenvalue weighted by atomic mass is 9.99. The predicted molar refractivity (Wildman–Crippen MR) is 57.0 cm³/mol. The molecule has 3 N–H and O–H groups in total. The van der Waals surface area contributed by atoms with Crippen LogP contribution in [0.5, 0.6) is 0 Å². The van der Waals surface area contributed by atoms with Gasteiger partial charge in [-0.3, -0.25) is 4.68 Å². The van der Waals surface area contributed by atoms with Crippen LogP contribution < -0.4 is 5.84 Å². The van der Waals surface area contributed by atoms with E-state index in [4.69, 9.17) is 10.9 Å². The molecule has 0 saturated heterocycles. The summed E-state index contributed by atoms with van der Waals surface area (Å²) < 4.78 is 5.56. The highest BCUT2D eigenvalue weighted by molar-refractivity contribution is 5.97. The molecule has 1 aromatic rings. The van der Waals surface area contributed by atoms with Gasteiger partial charge < -0.3 is 15.7 Å². The molecule has 0 spiro atoms. The second kappa shape index (κ2) is 4.26. The highest BCUT2D eigenvalue weighted by Gasteiger charge is 2.26. The molecule has 6 heteroatoms. The summed E-state index contributed by atoms with van der Waals surface area (Å²) >= 11 is 0. The maximum Gasteiger partial charge on any atom is 0.356 e. The molecule has 16 heavy (non-hydrogen) atoms. The van der Waals surface area contributed by atoms with E-state index in [2.05, 4.69) is 4.74 Å². The summed E-state index contributed by atoms with van der Waals surface area (Å²) in [6.07, 6.45) is 1.21. The number of hydrogen-bond donors (Lipinski definition) is 2. The van der Waals surface area contributed by atoms with Gasteiger partial charge in [-0.05, 0) is 5.92 Å². The molecule has 1 aromatic heterocycles. The van der Waals surface area contributed by atoms with Gasteiger partial charge in [-0.1, -0.05) is 13.8 Å². The minimum Gasteiger partial charge on any atom is -0.478 e. The van der Waals surface area contributed by atoms with Crippen LogP contribution >= 0.6 is 0 Å². The van der Waals surface area contributed by atoms with Crippen molar-refractivity contribution < 1.29 is 19.4 Å². The lowest BCUT2D eigenvalue weighted by molar-refractivity contribution is 0.0589. The molecule has 1 rings (SSSR count). The summed E-state index contributed by atoms with van der Waals surface area (Å²) in [5.74, 6) is 3.66. The Balaban J connectivity index is 3.47. The molecule has 0 aliphatic carbocycles. The largest absolute Gasteiger partial charge is 0.478 e. The molecule has 0 aliphatic heterocycles. The van der Waals surface area contributed by atoms with Crippen molar-refractivity contribution in [2.24, 2.45) is 0 Å². The number of ether oxygens (including phenoxy) is 1. The SMILES string of the molecule is COC(=O)c1c(C(C)C)c(C(=O)O)cn1N. The van der Waals surface area contributed by atoms with Crippen molar-refractivity contribution in [3.63, 3.8) is 0 Å². The number of nitrogens with zero attached hydrogens (tertiary/aromatic N) is 1. The molecule has 0 amide bonds. The van der Waals surface area contributed by atoms with E-state index >= 15 is 0 Å². The van der Waals surface area contributed by atoms with E-state index in [-0.39, 0.29) is 17.2 Å². The zero-order valence-electron chi connectivity index (χ0n) is 9.35. The normalized spacial score (nSPS) is 10.5. The Hall–Kier alpha value is -1.98. The second-order valence-corrected chi connectivity index (χ2v) is 3.66. The minimum absolute atomic E-state index is 0.0258. The molecule has 0 bridgehead atoms. The number of hydrogen-bond acceptors (Lipinski definition) is 4. The maximum absolute atomic E-state index is 11.5. The fourth-order valence-corrected chi connectivity index (χ4v) is 1.61. The zero-order valence-corrected chi connectivity index (χ0v) is 9.35. The zero-order chi connectivity index (χ0) is 12.5. The summed E-state index contributed by atoms with van der Waals surface area (Å²) in [7, 11) is 1.22. The number of nitrogen functional groups attached to an aromatic ring is 1. The first-order valence-electron chi connectivity index (χ1n) is 4.72. The number of nitrogens with two attached hydrogens (primary N) is 1. The number of carbonyl (C=O) groups excluding carboxylic acids is 1. The summed E-state index contributed by atoms with van der Waals surface area (Å²) in [6.45, 7) is 3.57. The van der Waals surface area contributed by atoms with Crippen molar-refractivity contribution in [1.82, 2.24) is 4.68 Å². The van der Waals surface area contributed by atoms with Crippen LogP contribution in [-0.2, 0) is 4.74 Å². The van der Waals surface area contributed by atoms with Gasteiger partial charge in [-0.25, -0.2) is 9.59 Å². The molecule has 0 saturated carbocycles. The Bertz CT molecular complexity index is 434. The first kappa shape index (κ1) is 12.1. The van der Waals surface area contributed by atoms with E-state index in [1.165, 1.54) is 13.3 Å².